The fraction of sp³-hybridized carbons (Fsp3) is 0.417. The molecule has 0 N–H and O–H groups in total. The van der Waals surface area contributed by atoms with Gasteiger partial charge in [-0.25, -0.2) is 0 Å². The van der Waals surface area contributed by atoms with Crippen LogP contribution in [-0.4, -0.2) is 29.3 Å². The Morgan fingerprint density at radius 2 is 2.24 bits per heavy atom. The highest BCUT2D eigenvalue weighted by molar-refractivity contribution is 9.10. The molecule has 92 valence electrons. The highest BCUT2D eigenvalue weighted by atomic mass is 79.9. The molecule has 0 aliphatic carbocycles. The summed E-state index contributed by atoms with van der Waals surface area (Å²) in [6, 6.07) is 5.23. The first-order chi connectivity index (χ1) is 8.08. The monoisotopic (exact) mass is 335 g/mol. The van der Waals surface area contributed by atoms with Crippen molar-refractivity contribution in [3.05, 3.63) is 33.3 Å². The van der Waals surface area contributed by atoms with Crippen LogP contribution in [0.1, 0.15) is 23.2 Å². The topological polar surface area (TPSA) is 20.3 Å². The van der Waals surface area contributed by atoms with Crippen molar-refractivity contribution in [1.29, 1.82) is 0 Å². The van der Waals surface area contributed by atoms with Gasteiger partial charge in [0.05, 0.1) is 10.9 Å². The molecule has 1 aliphatic heterocycles. The number of alkyl halides is 1. The van der Waals surface area contributed by atoms with Crippen molar-refractivity contribution in [2.24, 2.45) is 0 Å². The van der Waals surface area contributed by atoms with E-state index < -0.39 is 0 Å². The molecule has 0 saturated carbocycles. The lowest BCUT2D eigenvalue weighted by Crippen LogP contribution is -2.40. The summed E-state index contributed by atoms with van der Waals surface area (Å²) in [5.41, 5.74) is 0.600. The summed E-state index contributed by atoms with van der Waals surface area (Å²) in [6.45, 7) is 1.38. The molecule has 0 bridgehead atoms. The van der Waals surface area contributed by atoms with E-state index >= 15 is 0 Å². The van der Waals surface area contributed by atoms with Crippen molar-refractivity contribution in [2.45, 2.75) is 18.2 Å². The van der Waals surface area contributed by atoms with Crippen LogP contribution in [0.3, 0.4) is 0 Å². The number of hydrogen-bond acceptors (Lipinski definition) is 1. The molecule has 0 aromatic heterocycles. The van der Waals surface area contributed by atoms with Gasteiger partial charge in [-0.2, -0.15) is 0 Å². The first kappa shape index (κ1) is 13.2. The summed E-state index contributed by atoms with van der Waals surface area (Å²) in [6.07, 6.45) is 1.93. The molecule has 1 unspecified atom stereocenters. The van der Waals surface area contributed by atoms with Crippen molar-refractivity contribution >= 4 is 45.0 Å². The Bertz CT molecular complexity index is 439. The second-order valence-corrected chi connectivity index (χ2v) is 6.02. The minimum atomic E-state index is -0.00951. The first-order valence-corrected chi connectivity index (χ1v) is 7.07. The normalized spacial score (nSPS) is 20.4. The van der Waals surface area contributed by atoms with Crippen molar-refractivity contribution in [2.75, 3.05) is 13.1 Å². The number of hydrogen-bond donors (Lipinski definition) is 0. The van der Waals surface area contributed by atoms with E-state index in [4.69, 9.17) is 23.2 Å². The molecular weight excluding hydrogens is 325 g/mol. The summed E-state index contributed by atoms with van der Waals surface area (Å²) < 4.78 is 0.767. The Morgan fingerprint density at radius 3 is 2.94 bits per heavy atom. The zero-order valence-corrected chi connectivity index (χ0v) is 12.2. The quantitative estimate of drug-likeness (QED) is 0.711. The molecule has 1 aliphatic rings. The highest BCUT2D eigenvalue weighted by Gasteiger charge is 2.24. The number of likely N-dealkylation sites (tertiary alicyclic amines) is 1. The molecule has 2 rings (SSSR count). The molecule has 0 radical (unpaired) electrons. The van der Waals surface area contributed by atoms with E-state index in [0.29, 0.717) is 17.1 Å². The van der Waals surface area contributed by atoms with E-state index in [1.54, 1.807) is 23.1 Å². The second kappa shape index (κ2) is 5.59. The molecule has 5 heteroatoms. The number of benzene rings is 1. The Balaban J connectivity index is 2.21. The smallest absolute Gasteiger partial charge is 0.255 e. The molecular formula is C12H12BrCl2NO. The molecule has 1 saturated heterocycles. The van der Waals surface area contributed by atoms with Gasteiger partial charge in [0.15, 0.2) is 0 Å². The third-order valence-corrected chi connectivity index (χ3v) is 4.09. The van der Waals surface area contributed by atoms with E-state index in [2.05, 4.69) is 15.9 Å². The van der Waals surface area contributed by atoms with Crippen LogP contribution in [0.4, 0.5) is 0 Å². The first-order valence-electron chi connectivity index (χ1n) is 5.46. The van der Waals surface area contributed by atoms with Gasteiger partial charge in [0, 0.05) is 22.6 Å². The summed E-state index contributed by atoms with van der Waals surface area (Å²) in [4.78, 5) is 14.1. The molecule has 1 aromatic rings. The minimum absolute atomic E-state index is 0.00951. The molecule has 1 atom stereocenters. The average molecular weight is 337 g/mol. The van der Waals surface area contributed by atoms with Gasteiger partial charge < -0.3 is 4.90 Å². The fourth-order valence-electron chi connectivity index (χ4n) is 1.94. The lowest BCUT2D eigenvalue weighted by molar-refractivity contribution is 0.0726. The standard InChI is InChI=1S/C12H12BrCl2NO/c13-11-4-3-8(14)6-10(11)12(17)16-5-1-2-9(15)7-16/h3-4,6,9H,1-2,5,7H2. The molecule has 2 nitrogen and oxygen atoms in total. The van der Waals surface area contributed by atoms with Gasteiger partial charge in [0.2, 0.25) is 0 Å². The van der Waals surface area contributed by atoms with Crippen molar-refractivity contribution < 1.29 is 4.79 Å². The van der Waals surface area contributed by atoms with E-state index in [9.17, 15) is 4.79 Å². The van der Waals surface area contributed by atoms with Gasteiger partial charge in [-0.1, -0.05) is 11.6 Å². The third-order valence-electron chi connectivity index (χ3n) is 2.81. The van der Waals surface area contributed by atoms with Gasteiger partial charge in [-0.15, -0.1) is 11.6 Å². The van der Waals surface area contributed by atoms with Gasteiger partial charge in [0.25, 0.3) is 5.91 Å². The summed E-state index contributed by atoms with van der Waals surface area (Å²) in [5.74, 6) is -0.00951. The molecule has 1 heterocycles. The number of carbonyl (C=O) groups excluding carboxylic acids is 1. The lowest BCUT2D eigenvalue weighted by Gasteiger charge is -2.30. The second-order valence-electron chi connectivity index (χ2n) is 4.11. The van der Waals surface area contributed by atoms with Crippen LogP contribution in [-0.2, 0) is 0 Å². The number of amides is 1. The number of carbonyl (C=O) groups is 1. The summed E-state index contributed by atoms with van der Waals surface area (Å²) in [5, 5.41) is 0.627. The van der Waals surface area contributed by atoms with E-state index in [0.717, 1.165) is 23.9 Å². The molecule has 1 fully saturated rings. The molecule has 17 heavy (non-hydrogen) atoms. The SMILES string of the molecule is O=C(c1cc(Cl)ccc1Br)N1CCCC(Cl)C1. The van der Waals surface area contributed by atoms with Crippen molar-refractivity contribution in [3.63, 3.8) is 0 Å². The Labute approximate surface area is 119 Å². The van der Waals surface area contributed by atoms with Crippen LogP contribution in [0.25, 0.3) is 0 Å². The largest absolute Gasteiger partial charge is 0.337 e. The molecule has 1 amide bonds. The van der Waals surface area contributed by atoms with Gasteiger partial charge in [0.1, 0.15) is 0 Å². The third kappa shape index (κ3) is 3.15. The van der Waals surface area contributed by atoms with Gasteiger partial charge >= 0.3 is 0 Å². The number of halogens is 3. The highest BCUT2D eigenvalue weighted by Crippen LogP contribution is 2.24. The molecule has 1 aromatic carbocycles. The van der Waals surface area contributed by atoms with Crippen LogP contribution in [0.15, 0.2) is 22.7 Å². The Kier molecular flexibility index (Phi) is 4.34. The maximum atomic E-state index is 12.3. The number of piperidine rings is 1. The van der Waals surface area contributed by atoms with Gasteiger partial charge in [-0.05, 0) is 47.0 Å². The van der Waals surface area contributed by atoms with Crippen LogP contribution in [0.2, 0.25) is 5.02 Å². The van der Waals surface area contributed by atoms with Crippen LogP contribution >= 0.6 is 39.1 Å². The summed E-state index contributed by atoms with van der Waals surface area (Å²) >= 11 is 15.4. The van der Waals surface area contributed by atoms with Crippen LogP contribution < -0.4 is 0 Å². The maximum absolute atomic E-state index is 12.3. The van der Waals surface area contributed by atoms with E-state index in [-0.39, 0.29) is 11.3 Å². The molecule has 0 spiro atoms. The maximum Gasteiger partial charge on any atom is 0.255 e. The zero-order valence-electron chi connectivity index (χ0n) is 9.13. The van der Waals surface area contributed by atoms with E-state index in [1.807, 2.05) is 0 Å². The predicted molar refractivity (Wildman–Crippen MR) is 73.9 cm³/mol. The number of nitrogens with zero attached hydrogens (tertiary/aromatic N) is 1. The van der Waals surface area contributed by atoms with Crippen molar-refractivity contribution in [1.82, 2.24) is 4.90 Å². The number of rotatable bonds is 1. The zero-order chi connectivity index (χ0) is 12.4. The lowest BCUT2D eigenvalue weighted by atomic mass is 10.1. The summed E-state index contributed by atoms with van der Waals surface area (Å²) in [7, 11) is 0. The average Bonchev–Trinajstić information content (AvgIpc) is 2.31. The Morgan fingerprint density at radius 1 is 1.47 bits per heavy atom. The van der Waals surface area contributed by atoms with Crippen LogP contribution in [0.5, 0.6) is 0 Å². The van der Waals surface area contributed by atoms with Gasteiger partial charge in [-0.3, -0.25) is 4.79 Å². The fourth-order valence-corrected chi connectivity index (χ4v) is 2.85. The predicted octanol–water partition coefficient (Wildman–Crippen LogP) is 3.95. The van der Waals surface area contributed by atoms with Crippen molar-refractivity contribution in [3.8, 4) is 0 Å². The Hall–Kier alpha value is -0.250. The van der Waals surface area contributed by atoms with Crippen LogP contribution in [0, 0.1) is 0 Å². The minimum Gasteiger partial charge on any atom is -0.337 e. The van der Waals surface area contributed by atoms with E-state index in [1.165, 1.54) is 0 Å².